The Morgan fingerprint density at radius 1 is 1.00 bits per heavy atom. The fraction of sp³-hybridized carbons (Fsp3) is 1.00. The Morgan fingerprint density at radius 3 is 2.31 bits per heavy atom. The van der Waals surface area contributed by atoms with Gasteiger partial charge in [0.05, 0.1) is 0 Å². The van der Waals surface area contributed by atoms with E-state index in [1.807, 2.05) is 0 Å². The summed E-state index contributed by atoms with van der Waals surface area (Å²) < 4.78 is 0. The molecule has 0 bridgehead atoms. The minimum Gasteiger partial charge on any atom is -0.328 e. The van der Waals surface area contributed by atoms with Crippen LogP contribution in [0.2, 0.25) is 0 Å². The molecular formula is C14H28N2. The van der Waals surface area contributed by atoms with Crippen molar-refractivity contribution in [1.29, 1.82) is 0 Å². The molecule has 2 saturated carbocycles. The number of rotatable bonds is 2. The summed E-state index contributed by atoms with van der Waals surface area (Å²) in [6, 6.07) is 1.99. The van der Waals surface area contributed by atoms with Gasteiger partial charge in [0.15, 0.2) is 0 Å². The highest BCUT2D eigenvalue weighted by Gasteiger charge is 2.29. The molecule has 0 heterocycles. The lowest BCUT2D eigenvalue weighted by atomic mass is 9.74. The molecule has 94 valence electrons. The fourth-order valence-corrected chi connectivity index (χ4v) is 3.46. The second-order valence-corrected chi connectivity index (χ2v) is 6.74. The van der Waals surface area contributed by atoms with Crippen LogP contribution in [0, 0.1) is 5.41 Å². The Balaban J connectivity index is 1.76. The summed E-state index contributed by atoms with van der Waals surface area (Å²) in [5.74, 6) is 0. The van der Waals surface area contributed by atoms with E-state index in [2.05, 4.69) is 19.2 Å². The third-order valence-corrected chi connectivity index (χ3v) is 4.45. The van der Waals surface area contributed by atoms with Gasteiger partial charge in [-0.25, -0.2) is 0 Å². The zero-order valence-electron chi connectivity index (χ0n) is 11.0. The van der Waals surface area contributed by atoms with E-state index in [4.69, 9.17) is 5.73 Å². The average molecular weight is 224 g/mol. The summed E-state index contributed by atoms with van der Waals surface area (Å²) in [7, 11) is 0. The van der Waals surface area contributed by atoms with E-state index in [9.17, 15) is 0 Å². The third-order valence-electron chi connectivity index (χ3n) is 4.45. The van der Waals surface area contributed by atoms with Crippen LogP contribution in [0.15, 0.2) is 0 Å². The molecule has 0 aromatic heterocycles. The van der Waals surface area contributed by atoms with Crippen molar-refractivity contribution in [2.45, 2.75) is 83.3 Å². The van der Waals surface area contributed by atoms with Crippen molar-refractivity contribution in [2.75, 3.05) is 0 Å². The van der Waals surface area contributed by atoms with E-state index in [0.29, 0.717) is 11.5 Å². The minimum atomic E-state index is 0.473. The Bertz CT molecular complexity index is 217. The number of nitrogens with one attached hydrogen (secondary N) is 1. The highest BCUT2D eigenvalue weighted by molar-refractivity contribution is 4.87. The lowest BCUT2D eigenvalue weighted by Gasteiger charge is -2.39. The first kappa shape index (κ1) is 12.4. The Kier molecular flexibility index (Phi) is 3.91. The lowest BCUT2D eigenvalue weighted by Crippen LogP contribution is -2.45. The van der Waals surface area contributed by atoms with Crippen LogP contribution in [-0.4, -0.2) is 18.1 Å². The van der Waals surface area contributed by atoms with Crippen molar-refractivity contribution in [2.24, 2.45) is 11.1 Å². The van der Waals surface area contributed by atoms with E-state index in [-0.39, 0.29) is 0 Å². The molecule has 3 N–H and O–H groups in total. The summed E-state index contributed by atoms with van der Waals surface area (Å²) in [6.45, 7) is 4.83. The van der Waals surface area contributed by atoms with Crippen molar-refractivity contribution < 1.29 is 0 Å². The molecule has 0 aromatic carbocycles. The zero-order chi connectivity index (χ0) is 11.6. The molecule has 1 atom stereocenters. The largest absolute Gasteiger partial charge is 0.328 e. The van der Waals surface area contributed by atoms with Crippen LogP contribution in [0.5, 0.6) is 0 Å². The van der Waals surface area contributed by atoms with Gasteiger partial charge in [-0.2, -0.15) is 0 Å². The smallest absolute Gasteiger partial charge is 0.00747 e. The maximum Gasteiger partial charge on any atom is 0.00747 e. The van der Waals surface area contributed by atoms with E-state index in [1.54, 1.807) is 0 Å². The van der Waals surface area contributed by atoms with Crippen molar-refractivity contribution in [3.8, 4) is 0 Å². The molecule has 0 spiro atoms. The zero-order valence-corrected chi connectivity index (χ0v) is 11.0. The minimum absolute atomic E-state index is 0.473. The van der Waals surface area contributed by atoms with Crippen molar-refractivity contribution in [3.05, 3.63) is 0 Å². The van der Waals surface area contributed by atoms with Gasteiger partial charge >= 0.3 is 0 Å². The van der Waals surface area contributed by atoms with Gasteiger partial charge in [-0.1, -0.05) is 20.3 Å². The van der Waals surface area contributed by atoms with Crippen LogP contribution in [0.25, 0.3) is 0 Å². The molecule has 2 fully saturated rings. The predicted octanol–water partition coefficient (Wildman–Crippen LogP) is 2.81. The number of hydrogen-bond donors (Lipinski definition) is 2. The van der Waals surface area contributed by atoms with Crippen LogP contribution in [0.1, 0.15) is 65.2 Å². The molecule has 1 unspecified atom stereocenters. The predicted molar refractivity (Wildman–Crippen MR) is 69.4 cm³/mol. The summed E-state index contributed by atoms with van der Waals surface area (Å²) in [5, 5.41) is 3.88. The van der Waals surface area contributed by atoms with Crippen LogP contribution >= 0.6 is 0 Å². The van der Waals surface area contributed by atoms with Gasteiger partial charge in [-0.05, 0) is 50.4 Å². The fourth-order valence-electron chi connectivity index (χ4n) is 3.46. The second-order valence-electron chi connectivity index (χ2n) is 6.74. The first-order valence-corrected chi connectivity index (χ1v) is 7.07. The lowest BCUT2D eigenvalue weighted by molar-refractivity contribution is 0.178. The molecule has 0 saturated heterocycles. The second kappa shape index (κ2) is 5.05. The van der Waals surface area contributed by atoms with Gasteiger partial charge in [-0.15, -0.1) is 0 Å². The van der Waals surface area contributed by atoms with Crippen molar-refractivity contribution in [1.82, 2.24) is 5.32 Å². The number of hydrogen-bond acceptors (Lipinski definition) is 2. The molecule has 2 aliphatic rings. The third kappa shape index (κ3) is 3.46. The van der Waals surface area contributed by atoms with Gasteiger partial charge in [0, 0.05) is 18.1 Å². The van der Waals surface area contributed by atoms with E-state index >= 15 is 0 Å². The molecule has 2 aliphatic carbocycles. The topological polar surface area (TPSA) is 38.0 Å². The maximum absolute atomic E-state index is 5.95. The van der Waals surface area contributed by atoms with Crippen molar-refractivity contribution >= 4 is 0 Å². The van der Waals surface area contributed by atoms with Crippen LogP contribution in [0.3, 0.4) is 0 Å². The maximum atomic E-state index is 5.95. The molecule has 0 aliphatic heterocycles. The first-order chi connectivity index (χ1) is 7.55. The quantitative estimate of drug-likeness (QED) is 0.757. The van der Waals surface area contributed by atoms with Crippen LogP contribution in [-0.2, 0) is 0 Å². The Labute approximate surface area is 100 Å². The van der Waals surface area contributed by atoms with E-state index in [1.165, 1.54) is 51.4 Å². The first-order valence-electron chi connectivity index (χ1n) is 7.07. The van der Waals surface area contributed by atoms with E-state index in [0.717, 1.165) is 12.1 Å². The Hall–Kier alpha value is -0.0800. The molecular weight excluding hydrogens is 196 g/mol. The molecule has 0 aromatic rings. The SMILES string of the molecule is CC1(C)CCCC(NC2CCC(N)CC2)C1. The molecule has 2 heteroatoms. The molecule has 0 amide bonds. The van der Waals surface area contributed by atoms with E-state index < -0.39 is 0 Å². The highest BCUT2D eigenvalue weighted by atomic mass is 15.0. The average Bonchev–Trinajstić information content (AvgIpc) is 2.20. The van der Waals surface area contributed by atoms with Gasteiger partial charge in [0.2, 0.25) is 0 Å². The van der Waals surface area contributed by atoms with Crippen LogP contribution in [0.4, 0.5) is 0 Å². The monoisotopic (exact) mass is 224 g/mol. The summed E-state index contributed by atoms with van der Waals surface area (Å²) >= 11 is 0. The van der Waals surface area contributed by atoms with Gasteiger partial charge in [0.1, 0.15) is 0 Å². The Morgan fingerprint density at radius 2 is 1.69 bits per heavy atom. The summed E-state index contributed by atoms with van der Waals surface area (Å²) in [5.41, 5.74) is 6.50. The molecule has 2 rings (SSSR count). The number of nitrogens with two attached hydrogens (primary N) is 1. The summed E-state index contributed by atoms with van der Waals surface area (Å²) in [6.07, 6.45) is 10.6. The van der Waals surface area contributed by atoms with Crippen molar-refractivity contribution in [3.63, 3.8) is 0 Å². The summed E-state index contributed by atoms with van der Waals surface area (Å²) in [4.78, 5) is 0. The molecule has 16 heavy (non-hydrogen) atoms. The van der Waals surface area contributed by atoms with Crippen LogP contribution < -0.4 is 11.1 Å². The molecule has 2 nitrogen and oxygen atoms in total. The molecule has 0 radical (unpaired) electrons. The normalized spacial score (nSPS) is 39.6. The highest BCUT2D eigenvalue weighted by Crippen LogP contribution is 2.35. The standard InChI is InChI=1S/C14H28N2/c1-14(2)9-3-4-13(10-14)16-12-7-5-11(15)6-8-12/h11-13,16H,3-10,15H2,1-2H3. The van der Waals surface area contributed by atoms with Gasteiger partial charge < -0.3 is 11.1 Å². The van der Waals surface area contributed by atoms with Gasteiger partial charge in [-0.3, -0.25) is 0 Å². The van der Waals surface area contributed by atoms with Gasteiger partial charge in [0.25, 0.3) is 0 Å².